The van der Waals surface area contributed by atoms with Gasteiger partial charge < -0.3 is 5.32 Å². The Balaban J connectivity index is 1.77. The molecule has 0 aliphatic carbocycles. The van der Waals surface area contributed by atoms with Gasteiger partial charge in [-0.15, -0.1) is 18.2 Å². The van der Waals surface area contributed by atoms with Gasteiger partial charge in [-0.2, -0.15) is 0 Å². The molecule has 3 atom stereocenters. The molecule has 3 N–H and O–H groups in total. The van der Waals surface area contributed by atoms with Gasteiger partial charge in [0.25, 0.3) is 0 Å². The average Bonchev–Trinajstić information content (AvgIpc) is 2.90. The molecule has 1 aromatic rings. The molecule has 0 bridgehead atoms. The maximum absolute atomic E-state index is 12.2. The standard InChI is InChI=1S/C14H15ClN4OS/c1-2-7-21-14-17-12-11(13(20)18-14)8-16-19(12)10-5-3-9(15)4-6-10/h1,3-6,11-12,14,16-17H,7-8H2,(H,18,20). The first kappa shape index (κ1) is 14.5. The van der Waals surface area contributed by atoms with E-state index in [4.69, 9.17) is 18.0 Å². The summed E-state index contributed by atoms with van der Waals surface area (Å²) in [6, 6.07) is 7.52. The van der Waals surface area contributed by atoms with E-state index < -0.39 is 0 Å². The summed E-state index contributed by atoms with van der Waals surface area (Å²) in [5.74, 6) is 3.02. The molecule has 1 aromatic carbocycles. The van der Waals surface area contributed by atoms with Crippen molar-refractivity contribution in [1.82, 2.24) is 16.1 Å². The number of carbonyl (C=O) groups is 1. The van der Waals surface area contributed by atoms with Crippen LogP contribution in [0.4, 0.5) is 5.69 Å². The number of halogens is 1. The molecule has 2 heterocycles. The number of hydrogen-bond acceptors (Lipinski definition) is 5. The quantitative estimate of drug-likeness (QED) is 0.724. The number of terminal acetylenes is 1. The smallest absolute Gasteiger partial charge is 0.229 e. The Morgan fingerprint density at radius 1 is 1.43 bits per heavy atom. The average molecular weight is 323 g/mol. The van der Waals surface area contributed by atoms with Gasteiger partial charge in [-0.1, -0.05) is 17.5 Å². The van der Waals surface area contributed by atoms with Crippen LogP contribution >= 0.6 is 23.4 Å². The van der Waals surface area contributed by atoms with E-state index in [0.29, 0.717) is 17.3 Å². The first-order valence-electron chi connectivity index (χ1n) is 6.59. The lowest BCUT2D eigenvalue weighted by Gasteiger charge is -2.36. The fraction of sp³-hybridized carbons (Fsp3) is 0.357. The lowest BCUT2D eigenvalue weighted by Crippen LogP contribution is -2.63. The highest BCUT2D eigenvalue weighted by Gasteiger charge is 2.44. The molecule has 0 radical (unpaired) electrons. The Morgan fingerprint density at radius 3 is 2.90 bits per heavy atom. The van der Waals surface area contributed by atoms with Crippen molar-refractivity contribution in [2.24, 2.45) is 5.92 Å². The number of hydrazine groups is 1. The number of benzene rings is 1. The molecule has 3 rings (SSSR count). The van der Waals surface area contributed by atoms with Crippen molar-refractivity contribution in [3.8, 4) is 12.3 Å². The van der Waals surface area contributed by atoms with Crippen LogP contribution in [0.25, 0.3) is 0 Å². The number of thioether (sulfide) groups is 1. The number of amides is 1. The van der Waals surface area contributed by atoms with Gasteiger partial charge in [0, 0.05) is 11.6 Å². The highest BCUT2D eigenvalue weighted by molar-refractivity contribution is 8.00. The molecular formula is C14H15ClN4OS. The van der Waals surface area contributed by atoms with Gasteiger partial charge in [0.1, 0.15) is 11.7 Å². The molecule has 2 aliphatic heterocycles. The third-order valence-electron chi connectivity index (χ3n) is 3.51. The summed E-state index contributed by atoms with van der Waals surface area (Å²) >= 11 is 7.41. The number of carbonyl (C=O) groups excluding carboxylic acids is 1. The van der Waals surface area contributed by atoms with E-state index in [0.717, 1.165) is 5.69 Å². The Hall–Kier alpha value is -1.39. The lowest BCUT2D eigenvalue weighted by atomic mass is 10.1. The molecule has 0 spiro atoms. The van der Waals surface area contributed by atoms with Crippen LogP contribution in [0, 0.1) is 18.3 Å². The Morgan fingerprint density at radius 2 is 2.19 bits per heavy atom. The molecule has 2 saturated heterocycles. The van der Waals surface area contributed by atoms with Crippen LogP contribution in [0.5, 0.6) is 0 Å². The number of rotatable bonds is 3. The molecule has 3 unspecified atom stereocenters. The van der Waals surface area contributed by atoms with E-state index in [1.165, 1.54) is 11.8 Å². The fourth-order valence-corrected chi connectivity index (χ4v) is 3.35. The van der Waals surface area contributed by atoms with Crippen molar-refractivity contribution in [3.05, 3.63) is 29.3 Å². The molecule has 2 aliphatic rings. The van der Waals surface area contributed by atoms with Crippen LogP contribution < -0.4 is 21.1 Å². The fourth-order valence-electron chi connectivity index (χ4n) is 2.52. The molecule has 1 amide bonds. The zero-order chi connectivity index (χ0) is 14.8. The van der Waals surface area contributed by atoms with Crippen molar-refractivity contribution in [2.45, 2.75) is 11.7 Å². The largest absolute Gasteiger partial charge is 0.331 e. The van der Waals surface area contributed by atoms with E-state index in [2.05, 4.69) is 22.0 Å². The second-order valence-electron chi connectivity index (χ2n) is 4.83. The molecule has 110 valence electrons. The van der Waals surface area contributed by atoms with Gasteiger partial charge in [0.05, 0.1) is 17.4 Å². The first-order chi connectivity index (χ1) is 10.2. The normalized spacial score (nSPS) is 27.9. The number of anilines is 1. The van der Waals surface area contributed by atoms with Crippen LogP contribution in [0.3, 0.4) is 0 Å². The van der Waals surface area contributed by atoms with Crippen LogP contribution in [0.1, 0.15) is 0 Å². The highest BCUT2D eigenvalue weighted by Crippen LogP contribution is 2.27. The Kier molecular flexibility index (Phi) is 4.27. The summed E-state index contributed by atoms with van der Waals surface area (Å²) in [6.07, 6.45) is 5.17. The maximum atomic E-state index is 12.2. The minimum atomic E-state index is -0.176. The lowest BCUT2D eigenvalue weighted by molar-refractivity contribution is -0.127. The summed E-state index contributed by atoms with van der Waals surface area (Å²) in [4.78, 5) is 12.2. The van der Waals surface area contributed by atoms with Gasteiger partial charge in [0.15, 0.2) is 0 Å². The van der Waals surface area contributed by atoms with Gasteiger partial charge in [-0.05, 0) is 24.3 Å². The third-order valence-corrected chi connectivity index (χ3v) is 4.68. The number of nitrogens with zero attached hydrogens (tertiary/aromatic N) is 1. The van der Waals surface area contributed by atoms with E-state index in [1.54, 1.807) is 0 Å². The first-order valence-corrected chi connectivity index (χ1v) is 8.01. The van der Waals surface area contributed by atoms with E-state index >= 15 is 0 Å². The zero-order valence-electron chi connectivity index (χ0n) is 11.2. The predicted octanol–water partition coefficient (Wildman–Crippen LogP) is 0.976. The monoisotopic (exact) mass is 322 g/mol. The summed E-state index contributed by atoms with van der Waals surface area (Å²) in [7, 11) is 0. The molecule has 5 nitrogen and oxygen atoms in total. The second kappa shape index (κ2) is 6.16. The van der Waals surface area contributed by atoms with Crippen molar-refractivity contribution in [3.63, 3.8) is 0 Å². The van der Waals surface area contributed by atoms with Crippen LogP contribution in [0.2, 0.25) is 5.02 Å². The molecule has 21 heavy (non-hydrogen) atoms. The minimum Gasteiger partial charge on any atom is -0.331 e. The van der Waals surface area contributed by atoms with Gasteiger partial charge in [0.2, 0.25) is 5.91 Å². The minimum absolute atomic E-state index is 0.0391. The molecule has 7 heteroatoms. The van der Waals surface area contributed by atoms with Crippen molar-refractivity contribution in [1.29, 1.82) is 0 Å². The Labute approximate surface area is 132 Å². The summed E-state index contributed by atoms with van der Waals surface area (Å²) in [5, 5.41) is 9.00. The molecule has 2 fully saturated rings. The van der Waals surface area contributed by atoms with Crippen LogP contribution in [0.15, 0.2) is 24.3 Å². The van der Waals surface area contributed by atoms with Gasteiger partial charge in [-0.25, -0.2) is 5.43 Å². The van der Waals surface area contributed by atoms with E-state index in [9.17, 15) is 4.79 Å². The van der Waals surface area contributed by atoms with E-state index in [1.807, 2.05) is 29.3 Å². The number of hydrogen-bond donors (Lipinski definition) is 3. The van der Waals surface area contributed by atoms with Gasteiger partial charge >= 0.3 is 0 Å². The van der Waals surface area contributed by atoms with Crippen LogP contribution in [-0.4, -0.2) is 29.9 Å². The summed E-state index contributed by atoms with van der Waals surface area (Å²) in [5.41, 5.74) is 4.05. The Bertz CT molecular complexity index is 573. The topological polar surface area (TPSA) is 56.4 Å². The van der Waals surface area contributed by atoms with Gasteiger partial charge in [-0.3, -0.25) is 15.1 Å². The zero-order valence-corrected chi connectivity index (χ0v) is 12.7. The number of fused-ring (bicyclic) bond motifs is 1. The predicted molar refractivity (Wildman–Crippen MR) is 85.6 cm³/mol. The highest BCUT2D eigenvalue weighted by atomic mass is 35.5. The number of nitrogens with one attached hydrogen (secondary N) is 3. The summed E-state index contributed by atoms with van der Waals surface area (Å²) < 4.78 is 0. The van der Waals surface area contributed by atoms with Crippen molar-refractivity contribution < 1.29 is 4.79 Å². The molecule has 0 saturated carbocycles. The second-order valence-corrected chi connectivity index (χ2v) is 6.36. The van der Waals surface area contributed by atoms with Crippen molar-refractivity contribution in [2.75, 3.05) is 17.3 Å². The van der Waals surface area contributed by atoms with Crippen molar-refractivity contribution >= 4 is 35.0 Å². The SMILES string of the molecule is C#CCSC1NC(=O)C2CNN(c3ccc(Cl)cc3)C2N1. The van der Waals surface area contributed by atoms with Crippen LogP contribution in [-0.2, 0) is 4.79 Å². The maximum Gasteiger partial charge on any atom is 0.229 e. The summed E-state index contributed by atoms with van der Waals surface area (Å²) in [6.45, 7) is 0.596. The third kappa shape index (κ3) is 2.97. The molecule has 0 aromatic heterocycles. The van der Waals surface area contributed by atoms with E-state index in [-0.39, 0.29) is 23.5 Å². The molecular weight excluding hydrogens is 308 g/mol.